The number of aromatic amines is 2. The second-order valence-electron chi connectivity index (χ2n) is 4.51. The monoisotopic (exact) mass is 349 g/mol. The molecule has 0 aliphatic rings. The van der Waals surface area contributed by atoms with E-state index in [4.69, 9.17) is 0 Å². The highest BCUT2D eigenvalue weighted by Gasteiger charge is 2.35. The second-order valence-corrected chi connectivity index (χ2v) is 6.13. The van der Waals surface area contributed by atoms with E-state index in [9.17, 15) is 31.2 Å². The molecule has 0 aliphatic heterocycles. The van der Waals surface area contributed by atoms with E-state index in [2.05, 4.69) is 4.98 Å². The molecule has 0 amide bonds. The average molecular weight is 349 g/mol. The number of para-hydroxylation sites is 1. The number of halogens is 3. The molecule has 0 bridgehead atoms. The molecular formula is C12H10F3N3O4S. The van der Waals surface area contributed by atoms with Gasteiger partial charge in [-0.05, 0) is 19.1 Å². The number of hydrogen-bond acceptors (Lipinski definition) is 4. The maximum Gasteiger partial charge on any atom is 0.418 e. The van der Waals surface area contributed by atoms with Gasteiger partial charge in [0.2, 0.25) is 0 Å². The van der Waals surface area contributed by atoms with Crippen LogP contribution >= 0.6 is 0 Å². The summed E-state index contributed by atoms with van der Waals surface area (Å²) in [5.74, 6) is 0. The quantitative estimate of drug-likeness (QED) is 0.773. The third kappa shape index (κ3) is 3.44. The fourth-order valence-electron chi connectivity index (χ4n) is 1.93. The number of hydrogen-bond donors (Lipinski definition) is 3. The smallest absolute Gasteiger partial charge is 0.310 e. The highest BCUT2D eigenvalue weighted by atomic mass is 32.2. The van der Waals surface area contributed by atoms with Crippen molar-refractivity contribution in [2.45, 2.75) is 18.0 Å². The summed E-state index contributed by atoms with van der Waals surface area (Å²) in [6, 6.07) is 3.91. The third-order valence-electron chi connectivity index (χ3n) is 2.82. The highest BCUT2D eigenvalue weighted by Crippen LogP contribution is 2.35. The molecule has 124 valence electrons. The molecule has 1 aromatic heterocycles. The van der Waals surface area contributed by atoms with Crippen LogP contribution in [0.4, 0.5) is 18.9 Å². The zero-order chi connectivity index (χ0) is 17.4. The molecule has 3 N–H and O–H groups in total. The number of benzene rings is 1. The molecule has 7 nitrogen and oxygen atoms in total. The lowest BCUT2D eigenvalue weighted by molar-refractivity contribution is -0.136. The van der Waals surface area contributed by atoms with Crippen LogP contribution in [-0.2, 0) is 16.2 Å². The van der Waals surface area contributed by atoms with Crippen molar-refractivity contribution >= 4 is 15.7 Å². The van der Waals surface area contributed by atoms with E-state index in [1.54, 1.807) is 9.71 Å². The highest BCUT2D eigenvalue weighted by molar-refractivity contribution is 7.92. The largest absolute Gasteiger partial charge is 0.418 e. The molecule has 0 spiro atoms. The fraction of sp³-hybridized carbons (Fsp3) is 0.167. The summed E-state index contributed by atoms with van der Waals surface area (Å²) in [4.78, 5) is 25.6. The summed E-state index contributed by atoms with van der Waals surface area (Å²) < 4.78 is 64.8. The van der Waals surface area contributed by atoms with Crippen molar-refractivity contribution in [3.63, 3.8) is 0 Å². The number of H-pyrrole nitrogens is 2. The SMILES string of the molecule is Cc1[nH]c(=O)[nH]c(=O)c1S(=O)(=O)Nc1ccccc1C(F)(F)F. The number of anilines is 1. The summed E-state index contributed by atoms with van der Waals surface area (Å²) in [5.41, 5.74) is -4.40. The van der Waals surface area contributed by atoms with Crippen molar-refractivity contribution in [3.8, 4) is 0 Å². The Bertz CT molecular complexity index is 960. The van der Waals surface area contributed by atoms with Gasteiger partial charge in [-0.1, -0.05) is 12.1 Å². The minimum atomic E-state index is -4.79. The maximum absolute atomic E-state index is 12.9. The fourth-order valence-corrected chi connectivity index (χ4v) is 3.25. The van der Waals surface area contributed by atoms with Gasteiger partial charge in [0.1, 0.15) is 0 Å². The van der Waals surface area contributed by atoms with Gasteiger partial charge in [-0.15, -0.1) is 0 Å². The van der Waals surface area contributed by atoms with E-state index >= 15 is 0 Å². The Morgan fingerprint density at radius 3 is 2.26 bits per heavy atom. The summed E-state index contributed by atoms with van der Waals surface area (Å²) in [5, 5.41) is 0. The molecule has 2 aromatic rings. The normalized spacial score (nSPS) is 12.2. The van der Waals surface area contributed by atoms with Crippen LogP contribution < -0.4 is 16.0 Å². The van der Waals surface area contributed by atoms with Gasteiger partial charge in [0.15, 0.2) is 4.90 Å². The van der Waals surface area contributed by atoms with Crippen molar-refractivity contribution in [2.75, 3.05) is 4.72 Å². The summed E-state index contributed by atoms with van der Waals surface area (Å²) in [6.07, 6.45) is -4.79. The van der Waals surface area contributed by atoms with Crippen LogP contribution in [0.25, 0.3) is 0 Å². The van der Waals surface area contributed by atoms with Gasteiger partial charge < -0.3 is 4.98 Å². The molecule has 1 heterocycles. The Morgan fingerprint density at radius 1 is 1.09 bits per heavy atom. The van der Waals surface area contributed by atoms with E-state index in [1.165, 1.54) is 6.07 Å². The first-order chi connectivity index (χ1) is 10.5. The average Bonchev–Trinajstić information content (AvgIpc) is 2.35. The molecule has 1 aromatic carbocycles. The van der Waals surface area contributed by atoms with Gasteiger partial charge in [0.05, 0.1) is 11.3 Å². The van der Waals surface area contributed by atoms with E-state index in [0.29, 0.717) is 6.07 Å². The first-order valence-electron chi connectivity index (χ1n) is 6.04. The second kappa shape index (κ2) is 5.57. The third-order valence-corrected chi connectivity index (χ3v) is 4.34. The van der Waals surface area contributed by atoms with Gasteiger partial charge in [-0.3, -0.25) is 14.5 Å². The van der Waals surface area contributed by atoms with E-state index in [-0.39, 0.29) is 5.69 Å². The number of aromatic nitrogens is 2. The minimum Gasteiger partial charge on any atom is -0.310 e. The van der Waals surface area contributed by atoms with Gasteiger partial charge in [0.25, 0.3) is 15.6 Å². The van der Waals surface area contributed by atoms with Crippen LogP contribution in [0, 0.1) is 6.92 Å². The Kier molecular flexibility index (Phi) is 4.07. The lowest BCUT2D eigenvalue weighted by Gasteiger charge is -2.14. The lowest BCUT2D eigenvalue weighted by Crippen LogP contribution is -2.31. The van der Waals surface area contributed by atoms with E-state index in [0.717, 1.165) is 19.1 Å². The Hall–Kier alpha value is -2.56. The Morgan fingerprint density at radius 2 is 1.70 bits per heavy atom. The van der Waals surface area contributed by atoms with Crippen molar-refractivity contribution in [1.82, 2.24) is 9.97 Å². The number of alkyl halides is 3. The molecule has 0 radical (unpaired) electrons. The molecule has 0 saturated carbocycles. The number of rotatable bonds is 3. The topological polar surface area (TPSA) is 112 Å². The first-order valence-corrected chi connectivity index (χ1v) is 7.53. The molecule has 11 heteroatoms. The standard InChI is InChI=1S/C12H10F3N3O4S/c1-6-9(10(19)17-11(20)16-6)23(21,22)18-8-5-3-2-4-7(8)12(13,14)15/h2-5,18H,1H3,(H2,16,17,19,20). The zero-order valence-corrected chi connectivity index (χ0v) is 12.3. The number of aryl methyl sites for hydroxylation is 1. The molecule has 2 rings (SSSR count). The van der Waals surface area contributed by atoms with Gasteiger partial charge in [-0.2, -0.15) is 13.2 Å². The summed E-state index contributed by atoms with van der Waals surface area (Å²) >= 11 is 0. The zero-order valence-electron chi connectivity index (χ0n) is 11.5. The predicted molar refractivity (Wildman–Crippen MR) is 74.7 cm³/mol. The lowest BCUT2D eigenvalue weighted by atomic mass is 10.2. The molecule has 23 heavy (non-hydrogen) atoms. The van der Waals surface area contributed by atoms with Crippen LogP contribution in [0.3, 0.4) is 0 Å². The Labute approximate surface area is 127 Å². The van der Waals surface area contributed by atoms with Crippen molar-refractivity contribution < 1.29 is 21.6 Å². The van der Waals surface area contributed by atoms with Gasteiger partial charge in [0, 0.05) is 5.69 Å². The van der Waals surface area contributed by atoms with Crippen molar-refractivity contribution in [3.05, 3.63) is 56.4 Å². The molecule has 0 saturated heterocycles. The van der Waals surface area contributed by atoms with E-state index < -0.39 is 43.6 Å². The molecule has 0 aliphatic carbocycles. The molecule has 0 unspecified atom stereocenters. The Balaban J connectivity index is 2.58. The first kappa shape index (κ1) is 16.8. The van der Waals surface area contributed by atoms with Crippen molar-refractivity contribution in [1.29, 1.82) is 0 Å². The van der Waals surface area contributed by atoms with E-state index in [1.807, 2.05) is 0 Å². The number of sulfonamides is 1. The van der Waals surface area contributed by atoms with Crippen LogP contribution in [0.5, 0.6) is 0 Å². The van der Waals surface area contributed by atoms with Gasteiger partial charge >= 0.3 is 11.9 Å². The predicted octanol–water partition coefficient (Wildman–Crippen LogP) is 1.19. The van der Waals surface area contributed by atoms with Crippen molar-refractivity contribution in [2.24, 2.45) is 0 Å². The summed E-state index contributed by atoms with van der Waals surface area (Å²) in [7, 11) is -4.64. The summed E-state index contributed by atoms with van der Waals surface area (Å²) in [6.45, 7) is 1.14. The van der Waals surface area contributed by atoms with Crippen LogP contribution in [0.15, 0.2) is 38.8 Å². The number of nitrogens with one attached hydrogen (secondary N) is 3. The van der Waals surface area contributed by atoms with Crippen LogP contribution in [0.2, 0.25) is 0 Å². The molecule has 0 atom stereocenters. The molecular weight excluding hydrogens is 339 g/mol. The van der Waals surface area contributed by atoms with Crippen LogP contribution in [0.1, 0.15) is 11.3 Å². The van der Waals surface area contributed by atoms with Crippen LogP contribution in [-0.4, -0.2) is 18.4 Å². The minimum absolute atomic E-state index is 0.296. The van der Waals surface area contributed by atoms with Gasteiger partial charge in [-0.25, -0.2) is 13.2 Å². The maximum atomic E-state index is 12.9. The molecule has 0 fully saturated rings.